The van der Waals surface area contributed by atoms with Gasteiger partial charge in [-0.1, -0.05) is 19.3 Å². The molecule has 2 aromatic rings. The summed E-state index contributed by atoms with van der Waals surface area (Å²) in [6.45, 7) is 0.626. The largest absolute Gasteiger partial charge is 0.349 e. The first kappa shape index (κ1) is 13.8. The van der Waals surface area contributed by atoms with E-state index in [9.17, 15) is 0 Å². The topological polar surface area (TPSA) is 68.2 Å². The van der Waals surface area contributed by atoms with E-state index >= 15 is 0 Å². The highest BCUT2D eigenvalue weighted by molar-refractivity contribution is 9.10. The van der Waals surface area contributed by atoms with Gasteiger partial charge in [-0.25, -0.2) is 4.52 Å². The van der Waals surface area contributed by atoms with Gasteiger partial charge in [0.2, 0.25) is 5.95 Å². The van der Waals surface area contributed by atoms with Crippen LogP contribution in [0.25, 0.3) is 5.65 Å². The SMILES string of the molecule is NCC(Nc1nc2c(Br)cccn2n1)C1CCCCC1. The minimum atomic E-state index is 0.270. The maximum Gasteiger partial charge on any atom is 0.243 e. The number of anilines is 1. The van der Waals surface area contributed by atoms with Gasteiger partial charge in [0, 0.05) is 18.8 Å². The Morgan fingerprint density at radius 3 is 2.90 bits per heavy atom. The molecule has 1 unspecified atom stereocenters. The third kappa shape index (κ3) is 2.81. The molecular weight excluding hydrogens is 318 g/mol. The van der Waals surface area contributed by atoms with E-state index in [2.05, 4.69) is 31.3 Å². The van der Waals surface area contributed by atoms with Crippen LogP contribution in [0.3, 0.4) is 0 Å². The van der Waals surface area contributed by atoms with Crippen molar-refractivity contribution < 1.29 is 0 Å². The molecule has 2 heterocycles. The highest BCUT2D eigenvalue weighted by atomic mass is 79.9. The average molecular weight is 338 g/mol. The number of nitrogens with two attached hydrogens (primary N) is 1. The smallest absolute Gasteiger partial charge is 0.243 e. The molecular formula is C14H20BrN5. The standard InChI is InChI=1S/C14H20BrN5/c15-11-7-4-8-20-13(11)18-14(19-20)17-12(9-16)10-5-2-1-3-6-10/h4,7-8,10,12H,1-3,5-6,9,16H2,(H,17,19). The van der Waals surface area contributed by atoms with Gasteiger partial charge < -0.3 is 11.1 Å². The number of nitrogens with zero attached hydrogens (tertiary/aromatic N) is 3. The second kappa shape index (κ2) is 6.10. The number of nitrogens with one attached hydrogen (secondary N) is 1. The predicted molar refractivity (Wildman–Crippen MR) is 83.7 cm³/mol. The van der Waals surface area contributed by atoms with Gasteiger partial charge >= 0.3 is 0 Å². The zero-order chi connectivity index (χ0) is 13.9. The first-order valence-corrected chi connectivity index (χ1v) is 8.04. The number of pyridine rings is 1. The van der Waals surface area contributed by atoms with Crippen LogP contribution in [0.4, 0.5) is 5.95 Å². The van der Waals surface area contributed by atoms with Crippen molar-refractivity contribution in [1.29, 1.82) is 0 Å². The van der Waals surface area contributed by atoms with E-state index in [1.165, 1.54) is 32.1 Å². The predicted octanol–water partition coefficient (Wildman–Crippen LogP) is 2.81. The Balaban J connectivity index is 1.78. The fraction of sp³-hybridized carbons (Fsp3) is 0.571. The second-order valence-corrected chi connectivity index (χ2v) is 6.30. The van der Waals surface area contributed by atoms with E-state index in [1.54, 1.807) is 4.52 Å². The van der Waals surface area contributed by atoms with Gasteiger partial charge in [0.1, 0.15) is 0 Å². The first-order valence-electron chi connectivity index (χ1n) is 7.25. The Labute approximate surface area is 127 Å². The van der Waals surface area contributed by atoms with Gasteiger partial charge in [-0.05, 0) is 46.8 Å². The Kier molecular flexibility index (Phi) is 4.21. The molecule has 0 bridgehead atoms. The van der Waals surface area contributed by atoms with Crippen LogP contribution < -0.4 is 11.1 Å². The Morgan fingerprint density at radius 1 is 1.40 bits per heavy atom. The summed E-state index contributed by atoms with van der Waals surface area (Å²) in [5.74, 6) is 1.31. The number of halogens is 1. The van der Waals surface area contributed by atoms with Crippen LogP contribution in [-0.4, -0.2) is 27.2 Å². The fourth-order valence-electron chi connectivity index (χ4n) is 3.01. The Bertz CT molecular complexity index is 576. The van der Waals surface area contributed by atoms with E-state index in [0.717, 1.165) is 10.1 Å². The van der Waals surface area contributed by atoms with Crippen molar-refractivity contribution in [2.75, 3.05) is 11.9 Å². The lowest BCUT2D eigenvalue weighted by atomic mass is 9.84. The van der Waals surface area contributed by atoms with E-state index in [4.69, 9.17) is 5.73 Å². The van der Waals surface area contributed by atoms with E-state index in [0.29, 0.717) is 18.4 Å². The summed E-state index contributed by atoms with van der Waals surface area (Å²) in [5, 5.41) is 7.89. The van der Waals surface area contributed by atoms with Crippen LogP contribution >= 0.6 is 15.9 Å². The lowest BCUT2D eigenvalue weighted by Crippen LogP contribution is -2.37. The minimum absolute atomic E-state index is 0.270. The molecule has 0 aromatic carbocycles. The lowest BCUT2D eigenvalue weighted by molar-refractivity contribution is 0.320. The van der Waals surface area contributed by atoms with Crippen molar-refractivity contribution in [3.63, 3.8) is 0 Å². The van der Waals surface area contributed by atoms with Crippen molar-refractivity contribution in [3.8, 4) is 0 Å². The van der Waals surface area contributed by atoms with Crippen LogP contribution in [0.1, 0.15) is 32.1 Å². The normalized spacial score (nSPS) is 18.3. The Morgan fingerprint density at radius 2 is 2.20 bits per heavy atom. The zero-order valence-electron chi connectivity index (χ0n) is 11.4. The van der Waals surface area contributed by atoms with Gasteiger partial charge in [0.25, 0.3) is 0 Å². The highest BCUT2D eigenvalue weighted by Gasteiger charge is 2.23. The molecule has 2 aromatic heterocycles. The summed E-state index contributed by atoms with van der Waals surface area (Å²) < 4.78 is 2.73. The van der Waals surface area contributed by atoms with Gasteiger partial charge in [-0.3, -0.25) is 0 Å². The molecule has 1 fully saturated rings. The van der Waals surface area contributed by atoms with Gasteiger partial charge in [0.05, 0.1) is 4.47 Å². The van der Waals surface area contributed by atoms with Gasteiger partial charge in [-0.15, -0.1) is 5.10 Å². The summed E-state index contributed by atoms with van der Waals surface area (Å²) in [4.78, 5) is 4.53. The number of rotatable bonds is 4. The molecule has 5 nitrogen and oxygen atoms in total. The third-order valence-corrected chi connectivity index (χ3v) is 4.72. The summed E-state index contributed by atoms with van der Waals surface area (Å²) in [6, 6.07) is 4.18. The average Bonchev–Trinajstić information content (AvgIpc) is 2.90. The molecule has 0 spiro atoms. The molecule has 0 saturated heterocycles. The molecule has 1 saturated carbocycles. The molecule has 108 valence electrons. The van der Waals surface area contributed by atoms with Crippen LogP contribution in [-0.2, 0) is 0 Å². The molecule has 0 radical (unpaired) electrons. The number of hydrogen-bond acceptors (Lipinski definition) is 4. The summed E-state index contributed by atoms with van der Waals surface area (Å²) >= 11 is 3.49. The first-order chi connectivity index (χ1) is 9.78. The second-order valence-electron chi connectivity index (χ2n) is 5.44. The van der Waals surface area contributed by atoms with Crippen molar-refractivity contribution in [1.82, 2.24) is 14.6 Å². The fourth-order valence-corrected chi connectivity index (χ4v) is 3.43. The van der Waals surface area contributed by atoms with E-state index < -0.39 is 0 Å². The molecule has 3 N–H and O–H groups in total. The lowest BCUT2D eigenvalue weighted by Gasteiger charge is -2.29. The van der Waals surface area contributed by atoms with Crippen molar-refractivity contribution in [2.45, 2.75) is 38.1 Å². The summed E-state index contributed by atoms with van der Waals surface area (Å²) in [7, 11) is 0. The highest BCUT2D eigenvalue weighted by Crippen LogP contribution is 2.27. The summed E-state index contributed by atoms with van der Waals surface area (Å²) in [6.07, 6.45) is 8.39. The van der Waals surface area contributed by atoms with Gasteiger partial charge in [-0.2, -0.15) is 4.98 Å². The molecule has 0 aliphatic heterocycles. The van der Waals surface area contributed by atoms with Crippen molar-refractivity contribution in [3.05, 3.63) is 22.8 Å². The maximum absolute atomic E-state index is 5.94. The third-order valence-electron chi connectivity index (χ3n) is 4.10. The number of fused-ring (bicyclic) bond motifs is 1. The monoisotopic (exact) mass is 337 g/mol. The molecule has 6 heteroatoms. The molecule has 1 aliphatic carbocycles. The quantitative estimate of drug-likeness (QED) is 0.900. The molecule has 0 amide bonds. The van der Waals surface area contributed by atoms with Gasteiger partial charge in [0.15, 0.2) is 5.65 Å². The molecule has 3 rings (SSSR count). The maximum atomic E-state index is 5.94. The Hall–Kier alpha value is -1.14. The van der Waals surface area contributed by atoms with Crippen LogP contribution in [0, 0.1) is 5.92 Å². The number of hydrogen-bond donors (Lipinski definition) is 2. The van der Waals surface area contributed by atoms with Crippen LogP contribution in [0.2, 0.25) is 0 Å². The van der Waals surface area contributed by atoms with E-state index in [-0.39, 0.29) is 6.04 Å². The van der Waals surface area contributed by atoms with Crippen LogP contribution in [0.5, 0.6) is 0 Å². The van der Waals surface area contributed by atoms with Crippen molar-refractivity contribution in [2.24, 2.45) is 11.7 Å². The molecule has 20 heavy (non-hydrogen) atoms. The van der Waals surface area contributed by atoms with Crippen molar-refractivity contribution >= 4 is 27.5 Å². The summed E-state index contributed by atoms with van der Waals surface area (Å²) in [5.41, 5.74) is 6.77. The zero-order valence-corrected chi connectivity index (χ0v) is 13.0. The van der Waals surface area contributed by atoms with E-state index in [1.807, 2.05) is 18.3 Å². The number of aromatic nitrogens is 3. The minimum Gasteiger partial charge on any atom is -0.349 e. The molecule has 1 atom stereocenters. The molecule has 1 aliphatic rings. The van der Waals surface area contributed by atoms with Crippen LogP contribution in [0.15, 0.2) is 22.8 Å².